The molecule has 0 unspecified atom stereocenters. The van der Waals surface area contributed by atoms with E-state index >= 15 is 0 Å². The Morgan fingerprint density at radius 3 is 2.83 bits per heavy atom. The van der Waals surface area contributed by atoms with E-state index in [1.807, 2.05) is 28.8 Å². The molecule has 156 valence electrons. The molecule has 0 spiro atoms. The second kappa shape index (κ2) is 9.36. The van der Waals surface area contributed by atoms with Crippen LogP contribution in [-0.2, 0) is 16.1 Å². The van der Waals surface area contributed by atoms with Crippen LogP contribution in [0.25, 0.3) is 0 Å². The van der Waals surface area contributed by atoms with Crippen molar-refractivity contribution in [2.24, 2.45) is 0 Å². The topological polar surface area (TPSA) is 90.7 Å². The van der Waals surface area contributed by atoms with Gasteiger partial charge in [-0.15, -0.1) is 10.2 Å². The minimum Gasteiger partial charge on any atom is -0.486 e. The highest BCUT2D eigenvalue weighted by Gasteiger charge is 2.22. The number of fused-ring (bicyclic) bond motifs is 1. The summed E-state index contributed by atoms with van der Waals surface area (Å²) in [4.78, 5) is 14.5. The first-order valence-electron chi connectivity index (χ1n) is 9.78. The lowest BCUT2D eigenvalue weighted by Gasteiger charge is -2.27. The van der Waals surface area contributed by atoms with Gasteiger partial charge in [-0.1, -0.05) is 23.9 Å². The lowest BCUT2D eigenvalue weighted by molar-refractivity contribution is -0.119. The number of morpholine rings is 1. The summed E-state index contributed by atoms with van der Waals surface area (Å²) >= 11 is 1.39. The van der Waals surface area contributed by atoms with E-state index in [4.69, 9.17) is 14.2 Å². The predicted molar refractivity (Wildman–Crippen MR) is 109 cm³/mol. The molecular formula is C19H25N5O4S. The third-order valence-electron chi connectivity index (χ3n) is 4.73. The minimum atomic E-state index is -0.203. The largest absolute Gasteiger partial charge is 0.486 e. The van der Waals surface area contributed by atoms with Crippen LogP contribution in [0, 0.1) is 0 Å². The van der Waals surface area contributed by atoms with Crippen molar-refractivity contribution in [2.45, 2.75) is 24.7 Å². The molecule has 0 radical (unpaired) electrons. The van der Waals surface area contributed by atoms with Gasteiger partial charge in [0.15, 0.2) is 16.7 Å². The summed E-state index contributed by atoms with van der Waals surface area (Å²) in [5.74, 6) is 2.48. The maximum absolute atomic E-state index is 12.3. The molecule has 0 bridgehead atoms. The standard InChI is InChI=1S/C19H25N5O4S/c1-2-24-18(23-7-9-26-10-8-23)21-22-19(24)29-13-17(25)20-11-14-12-27-15-5-3-4-6-16(15)28-14/h3-6,14H,2,7-13H2,1H3,(H,20,25)/t14-/m1/s1. The van der Waals surface area contributed by atoms with E-state index in [0.717, 1.165) is 36.5 Å². The number of nitrogens with one attached hydrogen (secondary N) is 1. The van der Waals surface area contributed by atoms with Gasteiger partial charge >= 0.3 is 0 Å². The number of thioether (sulfide) groups is 1. The SMILES string of the molecule is CCn1c(SCC(=O)NC[C@@H]2COc3ccccc3O2)nnc1N1CCOCC1. The number of aromatic nitrogens is 3. The van der Waals surface area contributed by atoms with Gasteiger partial charge in [0, 0.05) is 19.6 Å². The van der Waals surface area contributed by atoms with Gasteiger partial charge in [-0.05, 0) is 19.1 Å². The summed E-state index contributed by atoms with van der Waals surface area (Å²) in [5.41, 5.74) is 0. The van der Waals surface area contributed by atoms with Crippen LogP contribution in [0.5, 0.6) is 11.5 Å². The summed E-state index contributed by atoms with van der Waals surface area (Å²) in [6, 6.07) is 7.54. The number of benzene rings is 1. The second-order valence-corrected chi connectivity index (χ2v) is 7.66. The minimum absolute atomic E-state index is 0.0731. The van der Waals surface area contributed by atoms with Gasteiger partial charge in [0.25, 0.3) is 0 Å². The van der Waals surface area contributed by atoms with Gasteiger partial charge in [-0.3, -0.25) is 9.36 Å². The van der Waals surface area contributed by atoms with E-state index in [1.54, 1.807) is 0 Å². The molecule has 2 aliphatic heterocycles. The highest BCUT2D eigenvalue weighted by atomic mass is 32.2. The maximum Gasteiger partial charge on any atom is 0.230 e. The molecule has 3 heterocycles. The Morgan fingerprint density at radius 2 is 2.03 bits per heavy atom. The number of nitrogens with zero attached hydrogens (tertiary/aromatic N) is 4. The van der Waals surface area contributed by atoms with Gasteiger partial charge in [0.1, 0.15) is 12.7 Å². The first-order valence-corrected chi connectivity index (χ1v) is 10.8. The van der Waals surface area contributed by atoms with Crippen molar-refractivity contribution in [1.29, 1.82) is 0 Å². The molecule has 9 nitrogen and oxygen atoms in total. The van der Waals surface area contributed by atoms with E-state index < -0.39 is 0 Å². The molecule has 1 aromatic heterocycles. The van der Waals surface area contributed by atoms with Gasteiger partial charge < -0.3 is 24.4 Å². The molecule has 1 fully saturated rings. The molecular weight excluding hydrogens is 394 g/mol. The number of carbonyl (C=O) groups is 1. The summed E-state index contributed by atoms with van der Waals surface area (Å²) in [5, 5.41) is 12.3. The maximum atomic E-state index is 12.3. The Labute approximate surface area is 173 Å². The van der Waals surface area contributed by atoms with E-state index in [-0.39, 0.29) is 17.8 Å². The average molecular weight is 420 g/mol. The number of amides is 1. The van der Waals surface area contributed by atoms with Gasteiger partial charge in [0.2, 0.25) is 11.9 Å². The van der Waals surface area contributed by atoms with Crippen molar-refractivity contribution in [3.05, 3.63) is 24.3 Å². The van der Waals surface area contributed by atoms with Crippen LogP contribution in [0.3, 0.4) is 0 Å². The summed E-state index contributed by atoms with van der Waals surface area (Å²) in [6.07, 6.45) is -0.203. The molecule has 29 heavy (non-hydrogen) atoms. The molecule has 1 atom stereocenters. The molecule has 2 aromatic rings. The molecule has 0 aliphatic carbocycles. The van der Waals surface area contributed by atoms with Gasteiger partial charge in [0.05, 0.1) is 25.5 Å². The quantitative estimate of drug-likeness (QED) is 0.669. The average Bonchev–Trinajstić information content (AvgIpc) is 3.19. The number of ether oxygens (including phenoxy) is 3. The van der Waals surface area contributed by atoms with E-state index in [0.29, 0.717) is 32.1 Å². The smallest absolute Gasteiger partial charge is 0.230 e. The summed E-state index contributed by atoms with van der Waals surface area (Å²) < 4.78 is 19.0. The summed E-state index contributed by atoms with van der Waals surface area (Å²) in [7, 11) is 0. The molecule has 1 saturated heterocycles. The molecule has 10 heteroatoms. The van der Waals surface area contributed by atoms with E-state index in [1.165, 1.54) is 11.8 Å². The van der Waals surface area contributed by atoms with E-state index in [2.05, 4.69) is 27.3 Å². The zero-order chi connectivity index (χ0) is 20.1. The van der Waals surface area contributed by atoms with Crippen LogP contribution in [0.4, 0.5) is 5.95 Å². The fourth-order valence-electron chi connectivity index (χ4n) is 3.23. The molecule has 0 saturated carbocycles. The second-order valence-electron chi connectivity index (χ2n) is 6.72. The first kappa shape index (κ1) is 19.8. The van der Waals surface area contributed by atoms with E-state index in [9.17, 15) is 4.79 Å². The normalized spacial score (nSPS) is 18.5. The van der Waals surface area contributed by atoms with Crippen molar-refractivity contribution < 1.29 is 19.0 Å². The fourth-order valence-corrected chi connectivity index (χ4v) is 4.06. The highest BCUT2D eigenvalue weighted by molar-refractivity contribution is 7.99. The van der Waals surface area contributed by atoms with Crippen molar-refractivity contribution in [3.63, 3.8) is 0 Å². The van der Waals surface area contributed by atoms with Gasteiger partial charge in [-0.25, -0.2) is 0 Å². The zero-order valence-electron chi connectivity index (χ0n) is 16.4. The number of rotatable bonds is 7. The van der Waals surface area contributed by atoms with Crippen LogP contribution in [0.15, 0.2) is 29.4 Å². The highest BCUT2D eigenvalue weighted by Crippen LogP contribution is 2.30. The van der Waals surface area contributed by atoms with Crippen molar-refractivity contribution in [2.75, 3.05) is 50.1 Å². The van der Waals surface area contributed by atoms with Crippen LogP contribution < -0.4 is 19.7 Å². The lowest BCUT2D eigenvalue weighted by atomic mass is 10.2. The molecule has 1 aromatic carbocycles. The molecule has 4 rings (SSSR count). The third-order valence-corrected chi connectivity index (χ3v) is 5.70. The van der Waals surface area contributed by atoms with Crippen molar-refractivity contribution in [1.82, 2.24) is 20.1 Å². The fraction of sp³-hybridized carbons (Fsp3) is 0.526. The predicted octanol–water partition coefficient (Wildman–Crippen LogP) is 1.18. The van der Waals surface area contributed by atoms with Crippen LogP contribution in [-0.4, -0.2) is 72.0 Å². The Bertz CT molecular complexity index is 840. The number of anilines is 1. The zero-order valence-corrected chi connectivity index (χ0v) is 17.2. The van der Waals surface area contributed by atoms with Gasteiger partial charge in [-0.2, -0.15) is 0 Å². The van der Waals surface area contributed by atoms with Crippen LogP contribution in [0.1, 0.15) is 6.92 Å². The lowest BCUT2D eigenvalue weighted by Crippen LogP contribution is -2.41. The number of carbonyl (C=O) groups excluding carboxylic acids is 1. The molecule has 1 amide bonds. The molecule has 1 N–H and O–H groups in total. The van der Waals surface area contributed by atoms with Crippen molar-refractivity contribution in [3.8, 4) is 11.5 Å². The Balaban J connectivity index is 1.26. The Morgan fingerprint density at radius 1 is 1.24 bits per heavy atom. The van der Waals surface area contributed by atoms with Crippen molar-refractivity contribution >= 4 is 23.6 Å². The number of para-hydroxylation sites is 2. The Hall–Kier alpha value is -2.46. The Kier molecular flexibility index (Phi) is 6.40. The number of hydrogen-bond donors (Lipinski definition) is 1. The monoisotopic (exact) mass is 419 g/mol. The van der Waals surface area contributed by atoms with Crippen LogP contribution >= 0.6 is 11.8 Å². The summed E-state index contributed by atoms with van der Waals surface area (Å²) in [6.45, 7) is 6.60. The third kappa shape index (κ3) is 4.76. The van der Waals surface area contributed by atoms with Crippen LogP contribution in [0.2, 0.25) is 0 Å². The first-order chi connectivity index (χ1) is 14.2. The molecule has 2 aliphatic rings. The number of hydrogen-bond acceptors (Lipinski definition) is 8.